The maximum Gasteiger partial charge on any atom is 0.410 e. The summed E-state index contributed by atoms with van der Waals surface area (Å²) in [7, 11) is 0. The van der Waals surface area contributed by atoms with Crippen molar-refractivity contribution in [1.82, 2.24) is 19.8 Å². The minimum absolute atomic E-state index is 0.202. The number of rotatable bonds is 3. The second-order valence-corrected chi connectivity index (χ2v) is 11.6. The van der Waals surface area contributed by atoms with Gasteiger partial charge < -0.3 is 24.4 Å². The van der Waals surface area contributed by atoms with Gasteiger partial charge in [0.1, 0.15) is 30.1 Å². The van der Waals surface area contributed by atoms with Gasteiger partial charge in [-0.15, -0.1) is 0 Å². The van der Waals surface area contributed by atoms with Crippen LogP contribution in [-0.2, 0) is 16.1 Å². The molecule has 1 amide bonds. The van der Waals surface area contributed by atoms with Crippen LogP contribution in [0.5, 0.6) is 5.75 Å². The number of aromatic nitrogens is 2. The number of likely N-dealkylation sites (tertiary alicyclic amines) is 2. The predicted octanol–water partition coefficient (Wildman–Crippen LogP) is 4.72. The third-order valence-electron chi connectivity index (χ3n) is 7.87. The van der Waals surface area contributed by atoms with E-state index in [4.69, 9.17) is 14.2 Å². The van der Waals surface area contributed by atoms with E-state index in [0.717, 1.165) is 74.0 Å². The maximum absolute atomic E-state index is 12.3. The molecule has 0 saturated carbocycles. The van der Waals surface area contributed by atoms with E-state index in [-0.39, 0.29) is 6.09 Å². The van der Waals surface area contributed by atoms with E-state index in [0.29, 0.717) is 31.8 Å². The molecule has 2 aromatic rings. The van der Waals surface area contributed by atoms with Crippen molar-refractivity contribution in [2.24, 2.45) is 0 Å². The quantitative estimate of drug-likeness (QED) is 0.624. The van der Waals surface area contributed by atoms with E-state index in [2.05, 4.69) is 44.5 Å². The van der Waals surface area contributed by atoms with E-state index in [1.807, 2.05) is 25.7 Å². The molecule has 0 aliphatic carbocycles. The monoisotopic (exact) mass is 519 g/mol. The van der Waals surface area contributed by atoms with Gasteiger partial charge in [-0.05, 0) is 82.3 Å². The largest absolute Gasteiger partial charge is 0.486 e. The highest BCUT2D eigenvalue weighted by Gasteiger charge is 2.38. The van der Waals surface area contributed by atoms with Crippen molar-refractivity contribution < 1.29 is 19.0 Å². The number of hydrogen-bond donors (Lipinski definition) is 1. The Balaban J connectivity index is 1.09. The summed E-state index contributed by atoms with van der Waals surface area (Å²) in [5.74, 6) is 2.15. The van der Waals surface area contributed by atoms with Crippen LogP contribution < -0.4 is 10.1 Å². The lowest BCUT2D eigenvalue weighted by Crippen LogP contribution is -2.62. The second-order valence-electron chi connectivity index (χ2n) is 11.6. The predicted molar refractivity (Wildman–Crippen MR) is 145 cm³/mol. The molecule has 0 unspecified atom stereocenters. The van der Waals surface area contributed by atoms with Crippen LogP contribution in [-0.4, -0.2) is 76.9 Å². The van der Waals surface area contributed by atoms with Crippen LogP contribution in [0.15, 0.2) is 30.6 Å². The SMILES string of the molecule is CC(C)(C)OC(=O)N1CC(N2CCC(c3ccc4c(c3)Nc3ncnc(C5=CCOCC5)c3CO4)CC2)C1. The fourth-order valence-corrected chi connectivity index (χ4v) is 5.74. The smallest absolute Gasteiger partial charge is 0.410 e. The number of ether oxygens (including phenoxy) is 3. The molecule has 1 aromatic carbocycles. The average molecular weight is 520 g/mol. The van der Waals surface area contributed by atoms with Crippen LogP contribution in [0.4, 0.5) is 16.3 Å². The summed E-state index contributed by atoms with van der Waals surface area (Å²) in [6.45, 7) is 11.1. The summed E-state index contributed by atoms with van der Waals surface area (Å²) < 4.78 is 17.2. The number of nitrogens with zero attached hydrogens (tertiary/aromatic N) is 4. The van der Waals surface area contributed by atoms with Crippen molar-refractivity contribution in [3.05, 3.63) is 47.4 Å². The summed E-state index contributed by atoms with van der Waals surface area (Å²) >= 11 is 0. The van der Waals surface area contributed by atoms with Crippen LogP contribution in [0.2, 0.25) is 0 Å². The molecule has 0 atom stereocenters. The van der Waals surface area contributed by atoms with Crippen molar-refractivity contribution in [2.75, 3.05) is 44.7 Å². The molecule has 2 saturated heterocycles. The van der Waals surface area contributed by atoms with Gasteiger partial charge >= 0.3 is 6.09 Å². The standard InChI is InChI=1S/C29H37N5O4/c1-29(2,3)38-28(35)34-15-22(16-34)33-10-6-19(7-11-33)21-4-5-25-24(14-21)32-27-23(17-37-25)26(30-18-31-27)20-8-12-36-13-9-20/h4-5,8,14,18-19,22H,6-7,9-13,15-17H2,1-3H3,(H,30,31,32). The summed E-state index contributed by atoms with van der Waals surface area (Å²) in [4.78, 5) is 25.8. The number of benzene rings is 1. The number of nitrogens with one attached hydrogen (secondary N) is 1. The fourth-order valence-electron chi connectivity index (χ4n) is 5.74. The van der Waals surface area contributed by atoms with Crippen molar-refractivity contribution in [3.8, 4) is 5.75 Å². The summed E-state index contributed by atoms with van der Waals surface area (Å²) in [5.41, 5.74) is 4.97. The van der Waals surface area contributed by atoms with Crippen LogP contribution >= 0.6 is 0 Å². The maximum atomic E-state index is 12.3. The van der Waals surface area contributed by atoms with E-state index in [1.54, 1.807) is 6.33 Å². The van der Waals surface area contributed by atoms with Crippen LogP contribution in [0.3, 0.4) is 0 Å². The molecule has 1 N–H and O–H groups in total. The highest BCUT2D eigenvalue weighted by Crippen LogP contribution is 2.39. The normalized spacial score (nSPS) is 20.7. The van der Waals surface area contributed by atoms with Gasteiger partial charge in [-0.1, -0.05) is 12.1 Å². The van der Waals surface area contributed by atoms with Crippen molar-refractivity contribution in [2.45, 2.75) is 64.2 Å². The Labute approximate surface area is 224 Å². The number of fused-ring (bicyclic) bond motifs is 2. The average Bonchev–Trinajstić information content (AvgIpc) is 3.06. The Hall–Kier alpha value is -3.17. The molecule has 6 rings (SSSR count). The Bertz CT molecular complexity index is 1230. The number of carbonyl (C=O) groups is 1. The van der Waals surface area contributed by atoms with E-state index >= 15 is 0 Å². The Morgan fingerprint density at radius 2 is 1.97 bits per heavy atom. The number of piperidine rings is 1. The summed E-state index contributed by atoms with van der Waals surface area (Å²) in [6.07, 6.45) is 6.58. The molecule has 1 aromatic heterocycles. The van der Waals surface area contributed by atoms with Gasteiger partial charge in [0.25, 0.3) is 0 Å². The van der Waals surface area contributed by atoms with Crippen molar-refractivity contribution in [3.63, 3.8) is 0 Å². The third-order valence-corrected chi connectivity index (χ3v) is 7.87. The molecule has 0 spiro atoms. The van der Waals surface area contributed by atoms with Gasteiger partial charge in [-0.25, -0.2) is 14.8 Å². The molecule has 4 aliphatic heterocycles. The molecule has 38 heavy (non-hydrogen) atoms. The zero-order valence-electron chi connectivity index (χ0n) is 22.5. The zero-order valence-corrected chi connectivity index (χ0v) is 22.5. The fraction of sp³-hybridized carbons (Fsp3) is 0.552. The van der Waals surface area contributed by atoms with Gasteiger partial charge in [0.2, 0.25) is 0 Å². The first-order valence-electron chi connectivity index (χ1n) is 13.7. The second kappa shape index (κ2) is 10.2. The van der Waals surface area contributed by atoms with E-state index < -0.39 is 5.60 Å². The first-order chi connectivity index (χ1) is 18.3. The first kappa shape index (κ1) is 25.1. The number of amides is 1. The molecule has 5 heterocycles. The topological polar surface area (TPSA) is 89.1 Å². The lowest BCUT2D eigenvalue weighted by atomic mass is 9.88. The van der Waals surface area contributed by atoms with E-state index in [1.165, 1.54) is 11.1 Å². The highest BCUT2D eigenvalue weighted by molar-refractivity contribution is 5.74. The van der Waals surface area contributed by atoms with Gasteiger partial charge in [0.05, 0.1) is 30.2 Å². The lowest BCUT2D eigenvalue weighted by Gasteiger charge is -2.47. The Morgan fingerprint density at radius 1 is 1.16 bits per heavy atom. The first-order valence-corrected chi connectivity index (χ1v) is 13.7. The van der Waals surface area contributed by atoms with E-state index in [9.17, 15) is 4.79 Å². The Kier molecular flexibility index (Phi) is 6.74. The van der Waals surface area contributed by atoms with Crippen LogP contribution in [0, 0.1) is 0 Å². The molecular formula is C29H37N5O4. The zero-order chi connectivity index (χ0) is 26.3. The molecule has 2 fully saturated rings. The number of hydrogen-bond acceptors (Lipinski definition) is 8. The molecule has 202 valence electrons. The Morgan fingerprint density at radius 3 is 2.71 bits per heavy atom. The molecule has 0 bridgehead atoms. The van der Waals surface area contributed by atoms with Gasteiger partial charge in [-0.3, -0.25) is 4.90 Å². The molecule has 4 aliphatic rings. The molecule has 0 radical (unpaired) electrons. The third kappa shape index (κ3) is 5.22. The molecule has 9 nitrogen and oxygen atoms in total. The number of carbonyl (C=O) groups excluding carboxylic acids is 1. The lowest BCUT2D eigenvalue weighted by molar-refractivity contribution is -0.0196. The van der Waals surface area contributed by atoms with Gasteiger partial charge in [0, 0.05) is 19.1 Å². The molecular weight excluding hydrogens is 482 g/mol. The molecule has 9 heteroatoms. The van der Waals surface area contributed by atoms with Crippen molar-refractivity contribution in [1.29, 1.82) is 0 Å². The van der Waals surface area contributed by atoms with Gasteiger partial charge in [0.15, 0.2) is 0 Å². The van der Waals surface area contributed by atoms with Crippen LogP contribution in [0.1, 0.15) is 62.8 Å². The number of anilines is 2. The summed E-state index contributed by atoms with van der Waals surface area (Å²) in [5, 5.41) is 3.54. The van der Waals surface area contributed by atoms with Crippen LogP contribution in [0.25, 0.3) is 5.57 Å². The minimum atomic E-state index is -0.450. The minimum Gasteiger partial charge on any atom is -0.486 e. The van der Waals surface area contributed by atoms with Gasteiger partial charge in [-0.2, -0.15) is 0 Å². The summed E-state index contributed by atoms with van der Waals surface area (Å²) in [6, 6.07) is 6.95. The van der Waals surface area contributed by atoms with Crippen molar-refractivity contribution >= 4 is 23.2 Å². The highest BCUT2D eigenvalue weighted by atomic mass is 16.6.